The number of likely N-dealkylation sites (tertiary alicyclic amines) is 1. The zero-order valence-corrected chi connectivity index (χ0v) is 13.5. The SMILES string of the molecule is C=C[C@@H](C)c1noc([C@@]2(C)CCCN2C(=O)c2ccccc2)n1. The summed E-state index contributed by atoms with van der Waals surface area (Å²) in [5.41, 5.74) is 0.124. The minimum absolute atomic E-state index is 0.00196. The van der Waals surface area contributed by atoms with Gasteiger partial charge < -0.3 is 9.42 Å². The fourth-order valence-corrected chi connectivity index (χ4v) is 2.99. The second-order valence-corrected chi connectivity index (χ2v) is 6.18. The van der Waals surface area contributed by atoms with Gasteiger partial charge >= 0.3 is 0 Å². The number of hydrogen-bond acceptors (Lipinski definition) is 4. The maximum Gasteiger partial charge on any atom is 0.254 e. The van der Waals surface area contributed by atoms with Crippen molar-refractivity contribution in [2.75, 3.05) is 6.54 Å². The van der Waals surface area contributed by atoms with Gasteiger partial charge in [0.25, 0.3) is 11.8 Å². The third-order valence-corrected chi connectivity index (χ3v) is 4.57. The van der Waals surface area contributed by atoms with E-state index in [2.05, 4.69) is 16.7 Å². The first-order valence-corrected chi connectivity index (χ1v) is 7.90. The molecular weight excluding hydrogens is 290 g/mol. The van der Waals surface area contributed by atoms with E-state index in [9.17, 15) is 4.79 Å². The Morgan fingerprint density at radius 1 is 1.43 bits per heavy atom. The van der Waals surface area contributed by atoms with Crippen molar-refractivity contribution in [3.05, 3.63) is 60.3 Å². The number of rotatable bonds is 4. The third kappa shape index (κ3) is 2.67. The van der Waals surface area contributed by atoms with E-state index in [1.807, 2.05) is 49.1 Å². The van der Waals surface area contributed by atoms with E-state index in [0.717, 1.165) is 12.8 Å². The molecule has 120 valence electrons. The average molecular weight is 311 g/mol. The molecule has 1 fully saturated rings. The molecule has 0 radical (unpaired) electrons. The third-order valence-electron chi connectivity index (χ3n) is 4.57. The Labute approximate surface area is 136 Å². The molecule has 0 spiro atoms. The van der Waals surface area contributed by atoms with Crippen molar-refractivity contribution in [1.82, 2.24) is 15.0 Å². The van der Waals surface area contributed by atoms with Crippen molar-refractivity contribution in [3.63, 3.8) is 0 Å². The molecule has 5 heteroatoms. The molecule has 2 atom stereocenters. The average Bonchev–Trinajstić information content (AvgIpc) is 3.22. The van der Waals surface area contributed by atoms with Gasteiger partial charge in [0.05, 0.1) is 0 Å². The van der Waals surface area contributed by atoms with Crippen LogP contribution in [-0.2, 0) is 5.54 Å². The Morgan fingerprint density at radius 3 is 2.87 bits per heavy atom. The quantitative estimate of drug-likeness (QED) is 0.811. The summed E-state index contributed by atoms with van der Waals surface area (Å²) in [5, 5.41) is 4.05. The van der Waals surface area contributed by atoms with Gasteiger partial charge in [-0.25, -0.2) is 0 Å². The van der Waals surface area contributed by atoms with E-state index in [0.29, 0.717) is 23.8 Å². The van der Waals surface area contributed by atoms with Crippen molar-refractivity contribution in [3.8, 4) is 0 Å². The molecule has 23 heavy (non-hydrogen) atoms. The van der Waals surface area contributed by atoms with Gasteiger partial charge in [-0.15, -0.1) is 6.58 Å². The van der Waals surface area contributed by atoms with Crippen LogP contribution in [0, 0.1) is 0 Å². The predicted molar refractivity (Wildman–Crippen MR) is 87.0 cm³/mol. The first-order chi connectivity index (χ1) is 11.1. The number of hydrogen-bond donors (Lipinski definition) is 0. The number of allylic oxidation sites excluding steroid dienone is 1. The molecule has 0 saturated carbocycles. The Morgan fingerprint density at radius 2 is 2.17 bits per heavy atom. The normalized spacial score (nSPS) is 22.1. The van der Waals surface area contributed by atoms with E-state index in [1.54, 1.807) is 6.08 Å². The molecule has 1 saturated heterocycles. The molecule has 1 amide bonds. The van der Waals surface area contributed by atoms with Crippen molar-refractivity contribution in [1.29, 1.82) is 0 Å². The summed E-state index contributed by atoms with van der Waals surface area (Å²) in [6.07, 6.45) is 3.51. The Balaban J connectivity index is 1.92. The second kappa shape index (κ2) is 5.99. The topological polar surface area (TPSA) is 59.2 Å². The Bertz CT molecular complexity index is 710. The van der Waals surface area contributed by atoms with Crippen molar-refractivity contribution < 1.29 is 9.32 Å². The molecule has 3 rings (SSSR count). The Kier molecular flexibility index (Phi) is 4.03. The molecule has 1 aliphatic heterocycles. The van der Waals surface area contributed by atoms with Crippen LogP contribution in [0.15, 0.2) is 47.5 Å². The number of amides is 1. The lowest BCUT2D eigenvalue weighted by molar-refractivity contribution is 0.0551. The van der Waals surface area contributed by atoms with Crippen LogP contribution >= 0.6 is 0 Å². The van der Waals surface area contributed by atoms with Gasteiger partial charge in [-0.05, 0) is 31.9 Å². The van der Waals surface area contributed by atoms with Gasteiger partial charge in [0.2, 0.25) is 0 Å². The molecule has 0 unspecified atom stereocenters. The summed E-state index contributed by atoms with van der Waals surface area (Å²) in [6, 6.07) is 9.32. The highest BCUT2D eigenvalue weighted by Crippen LogP contribution is 2.39. The van der Waals surface area contributed by atoms with Gasteiger partial charge in [0, 0.05) is 18.0 Å². The molecule has 2 aromatic rings. The van der Waals surface area contributed by atoms with E-state index in [1.165, 1.54) is 0 Å². The standard InChI is InChI=1S/C18H21N3O2/c1-4-13(2)15-19-17(23-20-15)18(3)11-8-12-21(18)16(22)14-9-6-5-7-10-14/h4-7,9-10,13H,1,8,11-12H2,2-3H3/t13-,18-/m1/s1. The minimum atomic E-state index is -0.556. The molecule has 1 aliphatic rings. The summed E-state index contributed by atoms with van der Waals surface area (Å²) >= 11 is 0. The second-order valence-electron chi connectivity index (χ2n) is 6.18. The van der Waals surface area contributed by atoms with Crippen LogP contribution in [0.4, 0.5) is 0 Å². The number of aromatic nitrogens is 2. The smallest absolute Gasteiger partial charge is 0.254 e. The van der Waals surface area contributed by atoms with E-state index in [-0.39, 0.29) is 11.8 Å². The molecule has 5 nitrogen and oxygen atoms in total. The van der Waals surface area contributed by atoms with Gasteiger partial charge in [-0.2, -0.15) is 4.98 Å². The lowest BCUT2D eigenvalue weighted by Gasteiger charge is -2.32. The zero-order chi connectivity index (χ0) is 16.4. The van der Waals surface area contributed by atoms with E-state index in [4.69, 9.17) is 4.52 Å². The maximum atomic E-state index is 12.9. The summed E-state index contributed by atoms with van der Waals surface area (Å²) in [6.45, 7) is 8.41. The summed E-state index contributed by atoms with van der Waals surface area (Å²) in [5.74, 6) is 1.14. The lowest BCUT2D eigenvalue weighted by atomic mass is 9.98. The molecule has 1 aromatic carbocycles. The van der Waals surface area contributed by atoms with Crippen molar-refractivity contribution in [2.24, 2.45) is 0 Å². The van der Waals surface area contributed by atoms with Gasteiger partial charge in [-0.3, -0.25) is 4.79 Å². The predicted octanol–water partition coefficient (Wildman–Crippen LogP) is 3.51. The fourth-order valence-electron chi connectivity index (χ4n) is 2.99. The molecule has 0 aliphatic carbocycles. The highest BCUT2D eigenvalue weighted by molar-refractivity contribution is 5.94. The molecule has 0 N–H and O–H groups in total. The van der Waals surface area contributed by atoms with Gasteiger partial charge in [0.15, 0.2) is 5.82 Å². The van der Waals surface area contributed by atoms with Crippen LogP contribution in [0.5, 0.6) is 0 Å². The zero-order valence-electron chi connectivity index (χ0n) is 13.5. The first kappa shape index (κ1) is 15.5. The summed E-state index contributed by atoms with van der Waals surface area (Å²) in [4.78, 5) is 19.2. The van der Waals surface area contributed by atoms with Crippen LogP contribution in [0.25, 0.3) is 0 Å². The number of carbonyl (C=O) groups excluding carboxylic acids is 1. The van der Waals surface area contributed by atoms with Crippen LogP contribution in [0.2, 0.25) is 0 Å². The van der Waals surface area contributed by atoms with Crippen LogP contribution in [0.1, 0.15) is 54.7 Å². The molecule has 2 heterocycles. The van der Waals surface area contributed by atoms with E-state index >= 15 is 0 Å². The number of benzene rings is 1. The van der Waals surface area contributed by atoms with Crippen LogP contribution in [0.3, 0.4) is 0 Å². The Hall–Kier alpha value is -2.43. The van der Waals surface area contributed by atoms with Gasteiger partial charge in [-0.1, -0.05) is 36.4 Å². The highest BCUT2D eigenvalue weighted by Gasteiger charge is 2.45. The maximum absolute atomic E-state index is 12.9. The monoisotopic (exact) mass is 311 g/mol. The molecule has 1 aromatic heterocycles. The number of nitrogens with zero attached hydrogens (tertiary/aromatic N) is 3. The highest BCUT2D eigenvalue weighted by atomic mass is 16.5. The largest absolute Gasteiger partial charge is 0.337 e. The molecular formula is C18H21N3O2. The first-order valence-electron chi connectivity index (χ1n) is 7.90. The van der Waals surface area contributed by atoms with Crippen LogP contribution < -0.4 is 0 Å². The molecule has 0 bridgehead atoms. The van der Waals surface area contributed by atoms with Crippen molar-refractivity contribution in [2.45, 2.75) is 38.1 Å². The summed E-state index contributed by atoms with van der Waals surface area (Å²) in [7, 11) is 0. The number of carbonyl (C=O) groups is 1. The van der Waals surface area contributed by atoms with Gasteiger partial charge in [0.1, 0.15) is 5.54 Å². The summed E-state index contributed by atoms with van der Waals surface area (Å²) < 4.78 is 5.49. The van der Waals surface area contributed by atoms with Crippen LogP contribution in [-0.4, -0.2) is 27.5 Å². The minimum Gasteiger partial charge on any atom is -0.337 e. The van der Waals surface area contributed by atoms with Crippen molar-refractivity contribution >= 4 is 5.91 Å². The lowest BCUT2D eigenvalue weighted by Crippen LogP contribution is -2.43. The fraction of sp³-hybridized carbons (Fsp3) is 0.389. The van der Waals surface area contributed by atoms with E-state index < -0.39 is 5.54 Å².